The Morgan fingerprint density at radius 2 is 1.90 bits per heavy atom. The van der Waals surface area contributed by atoms with Crippen molar-refractivity contribution in [1.82, 2.24) is 0 Å². The van der Waals surface area contributed by atoms with Crippen molar-refractivity contribution < 1.29 is 18.7 Å². The molecule has 21 heavy (non-hydrogen) atoms. The van der Waals surface area contributed by atoms with E-state index in [1.54, 1.807) is 31.2 Å². The molecule has 2 N–H and O–H groups in total. The monoisotopic (exact) mass is 311 g/mol. The van der Waals surface area contributed by atoms with Crippen LogP contribution < -0.4 is 5.32 Å². The lowest BCUT2D eigenvalue weighted by Crippen LogP contribution is -2.11. The lowest BCUT2D eigenvalue weighted by atomic mass is 10.1. The van der Waals surface area contributed by atoms with Gasteiger partial charge in [-0.2, -0.15) is 0 Å². The molecule has 110 valence electrons. The SMILES string of the molecule is CC(Nc1cc(C(=O)O)c(F)cc1F)c1ccccc1Cl. The van der Waals surface area contributed by atoms with Crippen LogP contribution >= 0.6 is 11.6 Å². The lowest BCUT2D eigenvalue weighted by Gasteiger charge is -2.18. The summed E-state index contributed by atoms with van der Waals surface area (Å²) in [5, 5.41) is 12.2. The zero-order valence-corrected chi connectivity index (χ0v) is 11.8. The van der Waals surface area contributed by atoms with Gasteiger partial charge in [-0.15, -0.1) is 0 Å². The molecular formula is C15H12ClF2NO2. The molecule has 6 heteroatoms. The van der Waals surface area contributed by atoms with Crippen LogP contribution in [-0.2, 0) is 0 Å². The Kier molecular flexibility index (Phi) is 4.43. The summed E-state index contributed by atoms with van der Waals surface area (Å²) in [6, 6.07) is 8.10. The molecule has 2 aromatic carbocycles. The number of carbonyl (C=O) groups is 1. The molecule has 0 saturated heterocycles. The summed E-state index contributed by atoms with van der Waals surface area (Å²) in [5.41, 5.74) is 0.0336. The average Bonchev–Trinajstić information content (AvgIpc) is 2.41. The highest BCUT2D eigenvalue weighted by Gasteiger charge is 2.17. The highest BCUT2D eigenvalue weighted by atomic mass is 35.5. The molecule has 2 rings (SSSR count). The number of benzene rings is 2. The number of aromatic carboxylic acids is 1. The second-order valence-electron chi connectivity index (χ2n) is 4.50. The predicted octanol–water partition coefficient (Wildman–Crippen LogP) is 4.49. The number of anilines is 1. The van der Waals surface area contributed by atoms with Crippen molar-refractivity contribution in [3.8, 4) is 0 Å². The van der Waals surface area contributed by atoms with E-state index < -0.39 is 23.2 Å². The number of hydrogen-bond donors (Lipinski definition) is 2. The molecule has 1 unspecified atom stereocenters. The number of rotatable bonds is 4. The summed E-state index contributed by atoms with van der Waals surface area (Å²) in [7, 11) is 0. The third-order valence-electron chi connectivity index (χ3n) is 3.03. The maximum Gasteiger partial charge on any atom is 0.338 e. The normalized spacial score (nSPS) is 12.0. The van der Waals surface area contributed by atoms with Crippen LogP contribution in [0.1, 0.15) is 28.9 Å². The van der Waals surface area contributed by atoms with E-state index in [0.29, 0.717) is 11.1 Å². The summed E-state index contributed by atoms with van der Waals surface area (Å²) >= 11 is 6.04. The fourth-order valence-electron chi connectivity index (χ4n) is 1.96. The highest BCUT2D eigenvalue weighted by Crippen LogP contribution is 2.28. The van der Waals surface area contributed by atoms with E-state index in [4.69, 9.17) is 16.7 Å². The van der Waals surface area contributed by atoms with Crippen molar-refractivity contribution in [2.24, 2.45) is 0 Å². The maximum atomic E-state index is 13.7. The fraction of sp³-hybridized carbons (Fsp3) is 0.133. The van der Waals surface area contributed by atoms with Crippen molar-refractivity contribution in [2.45, 2.75) is 13.0 Å². The van der Waals surface area contributed by atoms with Gasteiger partial charge in [0, 0.05) is 11.1 Å². The standard InChI is InChI=1S/C15H12ClF2NO2/c1-8(9-4-2-3-5-11(9)16)19-14-6-10(15(20)21)12(17)7-13(14)18/h2-8,19H,1H3,(H,20,21). The Bertz CT molecular complexity index is 691. The quantitative estimate of drug-likeness (QED) is 0.874. The molecule has 0 amide bonds. The molecule has 0 radical (unpaired) electrons. The zero-order valence-electron chi connectivity index (χ0n) is 11.0. The average molecular weight is 312 g/mol. The summed E-state index contributed by atoms with van der Waals surface area (Å²) in [6.45, 7) is 1.74. The number of nitrogens with one attached hydrogen (secondary N) is 1. The minimum Gasteiger partial charge on any atom is -0.478 e. The number of halogens is 3. The van der Waals surface area contributed by atoms with Crippen molar-refractivity contribution in [3.63, 3.8) is 0 Å². The van der Waals surface area contributed by atoms with Gasteiger partial charge in [-0.3, -0.25) is 0 Å². The Morgan fingerprint density at radius 3 is 2.52 bits per heavy atom. The number of hydrogen-bond acceptors (Lipinski definition) is 2. The lowest BCUT2D eigenvalue weighted by molar-refractivity contribution is 0.0692. The van der Waals surface area contributed by atoms with Crippen LogP contribution in [0.2, 0.25) is 5.02 Å². The largest absolute Gasteiger partial charge is 0.478 e. The maximum absolute atomic E-state index is 13.7. The summed E-state index contributed by atoms with van der Waals surface area (Å²) in [6.07, 6.45) is 0. The molecule has 0 aromatic heterocycles. The van der Waals surface area contributed by atoms with Crippen LogP contribution in [0.3, 0.4) is 0 Å². The Labute approximate surface area is 125 Å². The molecule has 2 aromatic rings. The van der Waals surface area contributed by atoms with E-state index in [2.05, 4.69) is 5.32 Å². The van der Waals surface area contributed by atoms with E-state index in [0.717, 1.165) is 11.6 Å². The van der Waals surface area contributed by atoms with Crippen molar-refractivity contribution in [3.05, 3.63) is 64.2 Å². The zero-order chi connectivity index (χ0) is 15.6. The van der Waals surface area contributed by atoms with Gasteiger partial charge in [-0.05, 0) is 24.6 Å². The van der Waals surface area contributed by atoms with Crippen LogP contribution in [0.25, 0.3) is 0 Å². The van der Waals surface area contributed by atoms with Gasteiger partial charge in [0.2, 0.25) is 0 Å². The summed E-state index contributed by atoms with van der Waals surface area (Å²) in [5.74, 6) is -3.44. The van der Waals surface area contributed by atoms with E-state index in [-0.39, 0.29) is 11.7 Å². The molecule has 0 heterocycles. The summed E-state index contributed by atoms with van der Waals surface area (Å²) < 4.78 is 27.1. The summed E-state index contributed by atoms with van der Waals surface area (Å²) in [4.78, 5) is 10.9. The molecular weight excluding hydrogens is 300 g/mol. The van der Waals surface area contributed by atoms with E-state index in [1.165, 1.54) is 0 Å². The van der Waals surface area contributed by atoms with Gasteiger partial charge in [0.15, 0.2) is 0 Å². The number of carboxylic acid groups (broad SMARTS) is 1. The Hall–Kier alpha value is -2.14. The minimum absolute atomic E-state index is 0.0961. The first-order chi connectivity index (χ1) is 9.90. The van der Waals surface area contributed by atoms with Gasteiger partial charge in [-0.1, -0.05) is 29.8 Å². The van der Waals surface area contributed by atoms with Gasteiger partial charge in [-0.25, -0.2) is 13.6 Å². The van der Waals surface area contributed by atoms with Crippen LogP contribution in [0.5, 0.6) is 0 Å². The second-order valence-corrected chi connectivity index (χ2v) is 4.91. The third kappa shape index (κ3) is 3.31. The van der Waals surface area contributed by atoms with Gasteiger partial charge in [0.05, 0.1) is 17.3 Å². The molecule has 0 saturated carbocycles. The molecule has 0 fully saturated rings. The van der Waals surface area contributed by atoms with Gasteiger partial charge < -0.3 is 10.4 Å². The molecule has 3 nitrogen and oxygen atoms in total. The van der Waals surface area contributed by atoms with Crippen LogP contribution in [-0.4, -0.2) is 11.1 Å². The van der Waals surface area contributed by atoms with Gasteiger partial charge in [0.1, 0.15) is 11.6 Å². The molecule has 0 aliphatic carbocycles. The van der Waals surface area contributed by atoms with Crippen LogP contribution in [0.15, 0.2) is 36.4 Å². The van der Waals surface area contributed by atoms with Gasteiger partial charge in [0.25, 0.3) is 0 Å². The smallest absolute Gasteiger partial charge is 0.338 e. The van der Waals surface area contributed by atoms with Crippen molar-refractivity contribution in [2.75, 3.05) is 5.32 Å². The first kappa shape index (κ1) is 15.3. The molecule has 1 atom stereocenters. The van der Waals surface area contributed by atoms with Crippen molar-refractivity contribution >= 4 is 23.3 Å². The van der Waals surface area contributed by atoms with Crippen molar-refractivity contribution in [1.29, 1.82) is 0 Å². The molecule has 0 aliphatic heterocycles. The first-order valence-electron chi connectivity index (χ1n) is 6.13. The third-order valence-corrected chi connectivity index (χ3v) is 3.38. The highest BCUT2D eigenvalue weighted by molar-refractivity contribution is 6.31. The fourth-order valence-corrected chi connectivity index (χ4v) is 2.26. The number of carboxylic acids is 1. The van der Waals surface area contributed by atoms with Crippen LogP contribution in [0.4, 0.5) is 14.5 Å². The Morgan fingerprint density at radius 1 is 1.24 bits per heavy atom. The van der Waals surface area contributed by atoms with Crippen LogP contribution in [0, 0.1) is 11.6 Å². The minimum atomic E-state index is -1.46. The molecule has 0 bridgehead atoms. The van der Waals surface area contributed by atoms with E-state index in [1.807, 2.05) is 0 Å². The molecule has 0 aliphatic rings. The first-order valence-corrected chi connectivity index (χ1v) is 6.51. The Balaban J connectivity index is 2.33. The van der Waals surface area contributed by atoms with Gasteiger partial charge >= 0.3 is 5.97 Å². The second kappa shape index (κ2) is 6.10. The van der Waals surface area contributed by atoms with E-state index in [9.17, 15) is 13.6 Å². The molecule has 0 spiro atoms. The van der Waals surface area contributed by atoms with E-state index >= 15 is 0 Å². The predicted molar refractivity (Wildman–Crippen MR) is 76.8 cm³/mol. The topological polar surface area (TPSA) is 49.3 Å².